The molecule has 0 radical (unpaired) electrons. The summed E-state index contributed by atoms with van der Waals surface area (Å²) in [7, 11) is -4.16. The second kappa shape index (κ2) is 6.29. The number of pyridine rings is 1. The third-order valence-corrected chi connectivity index (χ3v) is 5.31. The molecule has 0 aliphatic carbocycles. The van der Waals surface area contributed by atoms with Crippen molar-refractivity contribution in [2.24, 2.45) is 0 Å². The highest BCUT2D eigenvalue weighted by molar-refractivity contribution is 7.93. The number of sulfonamides is 1. The van der Waals surface area contributed by atoms with Crippen molar-refractivity contribution in [3.05, 3.63) is 58.9 Å². The summed E-state index contributed by atoms with van der Waals surface area (Å²) in [5, 5.41) is 19.1. The van der Waals surface area contributed by atoms with E-state index in [2.05, 4.69) is 19.9 Å². The molecule has 0 saturated carbocycles. The highest BCUT2D eigenvalue weighted by atomic mass is 32.2. The number of anilines is 1. The molecule has 24 heavy (non-hydrogen) atoms. The number of para-hydroxylation sites is 1. The summed E-state index contributed by atoms with van der Waals surface area (Å²) in [6, 6.07) is 8.55. The molecule has 0 spiro atoms. The van der Waals surface area contributed by atoms with Crippen LogP contribution >= 0.6 is 11.3 Å². The fourth-order valence-electron chi connectivity index (χ4n) is 1.88. The maximum absolute atomic E-state index is 12.4. The maximum atomic E-state index is 12.4. The van der Waals surface area contributed by atoms with Crippen molar-refractivity contribution in [1.82, 2.24) is 15.2 Å². The van der Waals surface area contributed by atoms with Gasteiger partial charge in [-0.15, -0.1) is 10.2 Å². The lowest BCUT2D eigenvalue weighted by molar-refractivity contribution is -0.387. The molecule has 122 valence electrons. The Bertz CT molecular complexity index is 988. The third-order valence-electron chi connectivity index (χ3n) is 2.91. The molecule has 2 aromatic heterocycles. The van der Waals surface area contributed by atoms with Crippen LogP contribution < -0.4 is 4.72 Å². The number of nitro groups is 1. The first-order valence-electron chi connectivity index (χ1n) is 6.47. The van der Waals surface area contributed by atoms with Gasteiger partial charge in [-0.1, -0.05) is 23.5 Å². The van der Waals surface area contributed by atoms with Gasteiger partial charge >= 0.3 is 0 Å². The highest BCUT2D eigenvalue weighted by Crippen LogP contribution is 2.29. The largest absolute Gasteiger partial charge is 0.289 e. The molecule has 0 aliphatic rings. The molecule has 1 aromatic carbocycles. The number of hydrogen-bond donors (Lipinski definition) is 1. The van der Waals surface area contributed by atoms with Gasteiger partial charge in [0.15, 0.2) is 9.90 Å². The predicted octanol–water partition coefficient (Wildman–Crippen LogP) is 2.31. The molecule has 9 nitrogen and oxygen atoms in total. The van der Waals surface area contributed by atoms with Crippen LogP contribution in [0.4, 0.5) is 10.8 Å². The van der Waals surface area contributed by atoms with Gasteiger partial charge in [0.05, 0.1) is 4.92 Å². The fraction of sp³-hybridized carbons (Fsp3) is 0. The predicted molar refractivity (Wildman–Crippen MR) is 87.0 cm³/mol. The third kappa shape index (κ3) is 3.21. The molecular formula is C13H9N5O4S2. The smallest absolute Gasteiger partial charge is 0.264 e. The summed E-state index contributed by atoms with van der Waals surface area (Å²) in [6.45, 7) is 0. The maximum Gasteiger partial charge on any atom is 0.289 e. The van der Waals surface area contributed by atoms with Crippen LogP contribution in [-0.2, 0) is 10.0 Å². The first-order chi connectivity index (χ1) is 11.5. The van der Waals surface area contributed by atoms with Crippen molar-refractivity contribution >= 4 is 32.2 Å². The van der Waals surface area contributed by atoms with E-state index in [1.807, 2.05) is 0 Å². The van der Waals surface area contributed by atoms with Crippen LogP contribution in [0.15, 0.2) is 53.7 Å². The zero-order valence-corrected chi connectivity index (χ0v) is 13.5. The molecular weight excluding hydrogens is 354 g/mol. The van der Waals surface area contributed by atoms with Crippen LogP contribution in [0.5, 0.6) is 0 Å². The average molecular weight is 363 g/mol. The van der Waals surface area contributed by atoms with Gasteiger partial charge in [-0.2, -0.15) is 0 Å². The quantitative estimate of drug-likeness (QED) is 0.544. The summed E-state index contributed by atoms with van der Waals surface area (Å²) < 4.78 is 27.0. The van der Waals surface area contributed by atoms with Gasteiger partial charge in [-0.25, -0.2) is 8.42 Å². The lowest BCUT2D eigenvalue weighted by atomic mass is 10.3. The molecule has 0 unspecified atom stereocenters. The minimum absolute atomic E-state index is 0.00649. The molecule has 0 amide bonds. The molecule has 0 fully saturated rings. The normalized spacial score (nSPS) is 11.2. The second-order valence-corrected chi connectivity index (χ2v) is 7.11. The SMILES string of the molecule is O=[N+]([O-])c1ccccc1S(=O)(=O)Nc1nnc(-c2cccnc2)s1. The molecule has 3 rings (SSSR count). The standard InChI is InChI=1S/C13H9N5O4S2/c19-18(20)10-5-1-2-6-11(10)24(21,22)17-13-16-15-12(23-13)9-4-3-7-14-8-9/h1-8H,(H,16,17). The van der Waals surface area contributed by atoms with E-state index in [4.69, 9.17) is 0 Å². The number of hydrogen-bond acceptors (Lipinski definition) is 8. The minimum atomic E-state index is -4.16. The number of nitrogens with one attached hydrogen (secondary N) is 1. The van der Waals surface area contributed by atoms with Crippen LogP contribution in [0, 0.1) is 10.1 Å². The van der Waals surface area contributed by atoms with Crippen LogP contribution in [-0.4, -0.2) is 28.5 Å². The van der Waals surface area contributed by atoms with Gasteiger partial charge in [0.1, 0.15) is 0 Å². The van der Waals surface area contributed by atoms with Crippen molar-refractivity contribution in [3.63, 3.8) is 0 Å². The van der Waals surface area contributed by atoms with E-state index >= 15 is 0 Å². The van der Waals surface area contributed by atoms with Crippen molar-refractivity contribution in [2.75, 3.05) is 4.72 Å². The Kier molecular flexibility index (Phi) is 4.18. The summed E-state index contributed by atoms with van der Waals surface area (Å²) in [5.41, 5.74) is 0.174. The van der Waals surface area contributed by atoms with E-state index < -0.39 is 25.5 Å². The van der Waals surface area contributed by atoms with Crippen molar-refractivity contribution < 1.29 is 13.3 Å². The molecule has 0 bridgehead atoms. The zero-order chi connectivity index (χ0) is 17.2. The number of aromatic nitrogens is 3. The van der Waals surface area contributed by atoms with E-state index in [1.54, 1.807) is 24.5 Å². The second-order valence-electron chi connectivity index (χ2n) is 4.48. The average Bonchev–Trinajstić information content (AvgIpc) is 3.03. The molecule has 0 aliphatic heterocycles. The van der Waals surface area contributed by atoms with E-state index in [9.17, 15) is 18.5 Å². The van der Waals surface area contributed by atoms with Crippen molar-refractivity contribution in [2.45, 2.75) is 4.90 Å². The van der Waals surface area contributed by atoms with Crippen LogP contribution in [0.2, 0.25) is 0 Å². The minimum Gasteiger partial charge on any atom is -0.264 e. The summed E-state index contributed by atoms with van der Waals surface area (Å²) >= 11 is 0.999. The number of rotatable bonds is 5. The van der Waals surface area contributed by atoms with Gasteiger partial charge in [0, 0.05) is 24.0 Å². The zero-order valence-electron chi connectivity index (χ0n) is 11.9. The Morgan fingerprint density at radius 1 is 1.12 bits per heavy atom. The van der Waals surface area contributed by atoms with Crippen molar-refractivity contribution in [1.29, 1.82) is 0 Å². The molecule has 2 heterocycles. The summed E-state index contributed by atoms with van der Waals surface area (Å²) in [5.74, 6) is 0. The first-order valence-corrected chi connectivity index (χ1v) is 8.77. The molecule has 1 N–H and O–H groups in total. The monoisotopic (exact) mass is 363 g/mol. The first kappa shape index (κ1) is 16.0. The van der Waals surface area contributed by atoms with Gasteiger partial charge in [-0.05, 0) is 18.2 Å². The van der Waals surface area contributed by atoms with Gasteiger partial charge < -0.3 is 0 Å². The summed E-state index contributed by atoms with van der Waals surface area (Å²) in [4.78, 5) is 13.7. The summed E-state index contributed by atoms with van der Waals surface area (Å²) in [6.07, 6.45) is 3.17. The molecule has 0 atom stereocenters. The Labute approximate surface area is 140 Å². The topological polar surface area (TPSA) is 128 Å². The van der Waals surface area contributed by atoms with E-state index in [1.165, 1.54) is 12.1 Å². The van der Waals surface area contributed by atoms with Crippen molar-refractivity contribution in [3.8, 4) is 10.6 Å². The van der Waals surface area contributed by atoms with Crippen LogP contribution in [0.1, 0.15) is 0 Å². The molecule has 3 aromatic rings. The highest BCUT2D eigenvalue weighted by Gasteiger charge is 2.26. The van der Waals surface area contributed by atoms with Gasteiger partial charge in [0.2, 0.25) is 5.13 Å². The number of nitro benzene ring substituents is 1. The lowest BCUT2D eigenvalue weighted by Gasteiger charge is -2.04. The molecule has 11 heteroatoms. The fourth-order valence-corrected chi connectivity index (χ4v) is 4.01. The lowest BCUT2D eigenvalue weighted by Crippen LogP contribution is -2.14. The van der Waals surface area contributed by atoms with Gasteiger partial charge in [0.25, 0.3) is 15.7 Å². The van der Waals surface area contributed by atoms with Gasteiger partial charge in [-0.3, -0.25) is 19.8 Å². The number of benzene rings is 1. The van der Waals surface area contributed by atoms with Crippen LogP contribution in [0.3, 0.4) is 0 Å². The Hall–Kier alpha value is -2.92. The van der Waals surface area contributed by atoms with E-state index in [0.717, 1.165) is 23.5 Å². The van der Waals surface area contributed by atoms with E-state index in [0.29, 0.717) is 10.6 Å². The van der Waals surface area contributed by atoms with Crippen LogP contribution in [0.25, 0.3) is 10.6 Å². The van der Waals surface area contributed by atoms with E-state index in [-0.39, 0.29) is 5.13 Å². The Balaban J connectivity index is 1.91. The Morgan fingerprint density at radius 3 is 2.62 bits per heavy atom. The molecule has 0 saturated heterocycles. The Morgan fingerprint density at radius 2 is 1.92 bits per heavy atom. The number of nitrogens with zero attached hydrogens (tertiary/aromatic N) is 4.